The molecule has 1 aromatic heterocycles. The summed E-state index contributed by atoms with van der Waals surface area (Å²) < 4.78 is 7.17. The Kier molecular flexibility index (Phi) is 3.84. The van der Waals surface area contributed by atoms with Crippen molar-refractivity contribution >= 4 is 11.7 Å². The van der Waals surface area contributed by atoms with Gasteiger partial charge in [0.1, 0.15) is 6.17 Å². The molecular weight excluding hydrogens is 278 g/mol. The van der Waals surface area contributed by atoms with Crippen LogP contribution in [0.15, 0.2) is 36.5 Å². The monoisotopic (exact) mass is 295 g/mol. The Bertz CT molecular complexity index is 743. The minimum absolute atomic E-state index is 0.0607. The Balaban J connectivity index is 1.98. The van der Waals surface area contributed by atoms with E-state index in [9.17, 15) is 4.79 Å². The van der Waals surface area contributed by atoms with E-state index < -0.39 is 0 Å². The molecule has 0 fully saturated rings. The van der Waals surface area contributed by atoms with Gasteiger partial charge in [-0.25, -0.2) is 4.79 Å². The van der Waals surface area contributed by atoms with E-state index in [-0.39, 0.29) is 12.1 Å². The molecule has 5 nitrogen and oxygen atoms in total. The highest BCUT2D eigenvalue weighted by Crippen LogP contribution is 2.38. The molecule has 0 saturated heterocycles. The summed E-state index contributed by atoms with van der Waals surface area (Å²) in [5, 5.41) is 12.2. The number of anilines is 1. The molecule has 1 unspecified atom stereocenters. The highest BCUT2D eigenvalue weighted by molar-refractivity contribution is 5.93. The molecule has 2 aromatic rings. The second kappa shape index (κ2) is 5.94. The lowest BCUT2D eigenvalue weighted by Crippen LogP contribution is -2.23. The second-order valence-corrected chi connectivity index (χ2v) is 5.14. The number of esters is 1. The fourth-order valence-electron chi connectivity index (χ4n) is 2.78. The molecule has 0 saturated carbocycles. The number of aromatic nitrogens is 1. The minimum Gasteiger partial charge on any atom is -0.462 e. The molecule has 112 valence electrons. The smallest absolute Gasteiger partial charge is 0.338 e. The van der Waals surface area contributed by atoms with E-state index >= 15 is 0 Å². The molecule has 1 atom stereocenters. The van der Waals surface area contributed by atoms with Crippen molar-refractivity contribution < 1.29 is 9.53 Å². The minimum atomic E-state index is -0.310. The normalized spacial score (nSPS) is 15.2. The van der Waals surface area contributed by atoms with Crippen LogP contribution in [0, 0.1) is 11.3 Å². The van der Waals surface area contributed by atoms with Gasteiger partial charge in [-0.15, -0.1) is 0 Å². The molecule has 5 heteroatoms. The van der Waals surface area contributed by atoms with Gasteiger partial charge in [-0.2, -0.15) is 5.26 Å². The number of carbonyl (C=O) groups excluding carboxylic acids is 1. The van der Waals surface area contributed by atoms with Crippen molar-refractivity contribution in [1.29, 1.82) is 5.26 Å². The average molecular weight is 295 g/mol. The molecule has 3 rings (SSSR count). The Morgan fingerprint density at radius 1 is 1.45 bits per heavy atom. The van der Waals surface area contributed by atoms with Crippen LogP contribution in [0.3, 0.4) is 0 Å². The van der Waals surface area contributed by atoms with Gasteiger partial charge >= 0.3 is 5.97 Å². The summed E-state index contributed by atoms with van der Waals surface area (Å²) in [4.78, 5) is 11.9. The molecule has 0 aliphatic carbocycles. The van der Waals surface area contributed by atoms with Crippen molar-refractivity contribution in [3.05, 3.63) is 42.1 Å². The van der Waals surface area contributed by atoms with Crippen molar-refractivity contribution in [2.75, 3.05) is 11.9 Å². The summed E-state index contributed by atoms with van der Waals surface area (Å²) in [6.07, 6.45) is 3.28. The van der Waals surface area contributed by atoms with E-state index in [1.54, 1.807) is 13.0 Å². The van der Waals surface area contributed by atoms with Gasteiger partial charge in [-0.05, 0) is 43.7 Å². The van der Waals surface area contributed by atoms with Gasteiger partial charge in [0.15, 0.2) is 0 Å². The standard InChI is InChI=1S/C17H17N3O2/c1-2-22-17(21)12-7-8-14-13(11-12)15-5-4-10-20(15)16(19-14)6-3-9-18/h4-5,7-8,10-11,16,19H,2-3,6H2,1H3. The first-order valence-corrected chi connectivity index (χ1v) is 7.36. The molecule has 1 N–H and O–H groups in total. The number of nitrogens with zero attached hydrogens (tertiary/aromatic N) is 2. The molecule has 1 aromatic carbocycles. The second-order valence-electron chi connectivity index (χ2n) is 5.14. The van der Waals surface area contributed by atoms with Crippen LogP contribution >= 0.6 is 0 Å². The van der Waals surface area contributed by atoms with Crippen molar-refractivity contribution in [3.8, 4) is 17.3 Å². The number of carbonyl (C=O) groups is 1. The van der Waals surface area contributed by atoms with Gasteiger partial charge in [0, 0.05) is 23.9 Å². The first kappa shape index (κ1) is 14.2. The molecule has 1 aliphatic heterocycles. The predicted molar refractivity (Wildman–Crippen MR) is 83.3 cm³/mol. The van der Waals surface area contributed by atoms with Gasteiger partial charge in [-0.1, -0.05) is 0 Å². The third-order valence-corrected chi connectivity index (χ3v) is 3.77. The lowest BCUT2D eigenvalue weighted by atomic mass is 10.0. The maximum Gasteiger partial charge on any atom is 0.338 e. The highest BCUT2D eigenvalue weighted by Gasteiger charge is 2.23. The Labute approximate surface area is 129 Å². The molecular formula is C17H17N3O2. The zero-order valence-electron chi connectivity index (χ0n) is 12.4. The fourth-order valence-corrected chi connectivity index (χ4v) is 2.78. The largest absolute Gasteiger partial charge is 0.462 e. The van der Waals surface area contributed by atoms with Gasteiger partial charge in [-0.3, -0.25) is 0 Å². The van der Waals surface area contributed by atoms with Crippen LogP contribution in [-0.2, 0) is 4.74 Å². The van der Waals surface area contributed by atoms with Crippen LogP contribution in [0.1, 0.15) is 36.3 Å². The van der Waals surface area contributed by atoms with E-state index in [0.717, 1.165) is 23.4 Å². The van der Waals surface area contributed by atoms with Gasteiger partial charge < -0.3 is 14.6 Å². The number of hydrogen-bond donors (Lipinski definition) is 1. The number of ether oxygens (including phenoxy) is 1. The first-order chi connectivity index (χ1) is 10.7. The quantitative estimate of drug-likeness (QED) is 0.876. The van der Waals surface area contributed by atoms with E-state index in [4.69, 9.17) is 10.00 Å². The number of hydrogen-bond acceptors (Lipinski definition) is 4. The van der Waals surface area contributed by atoms with E-state index in [1.807, 2.05) is 30.5 Å². The lowest BCUT2D eigenvalue weighted by Gasteiger charge is -2.30. The number of nitriles is 1. The number of nitrogens with one attached hydrogen (secondary N) is 1. The van der Waals surface area contributed by atoms with Crippen molar-refractivity contribution in [1.82, 2.24) is 4.57 Å². The van der Waals surface area contributed by atoms with E-state index in [2.05, 4.69) is 16.0 Å². The van der Waals surface area contributed by atoms with E-state index in [0.29, 0.717) is 18.6 Å². The molecule has 22 heavy (non-hydrogen) atoms. The molecule has 1 aliphatic rings. The summed E-state index contributed by atoms with van der Waals surface area (Å²) >= 11 is 0. The maximum absolute atomic E-state index is 11.9. The van der Waals surface area contributed by atoms with Gasteiger partial charge in [0.05, 0.1) is 23.9 Å². The lowest BCUT2D eigenvalue weighted by molar-refractivity contribution is 0.0526. The maximum atomic E-state index is 11.9. The summed E-state index contributed by atoms with van der Waals surface area (Å²) in [5.74, 6) is -0.310. The Morgan fingerprint density at radius 2 is 2.32 bits per heavy atom. The SMILES string of the molecule is CCOC(=O)c1ccc2c(c1)-c1cccn1C(CCC#N)N2. The molecule has 0 spiro atoms. The van der Waals surface area contributed by atoms with Crippen molar-refractivity contribution in [2.45, 2.75) is 25.9 Å². The third-order valence-electron chi connectivity index (χ3n) is 3.77. The number of rotatable bonds is 4. The van der Waals surface area contributed by atoms with E-state index in [1.165, 1.54) is 0 Å². The van der Waals surface area contributed by atoms with Crippen LogP contribution in [0.2, 0.25) is 0 Å². The van der Waals surface area contributed by atoms with Crippen LogP contribution in [0.4, 0.5) is 5.69 Å². The summed E-state index contributed by atoms with van der Waals surface area (Å²) in [7, 11) is 0. The van der Waals surface area contributed by atoms with Crippen LogP contribution < -0.4 is 5.32 Å². The van der Waals surface area contributed by atoms with Crippen molar-refractivity contribution in [2.24, 2.45) is 0 Å². The Morgan fingerprint density at radius 3 is 3.09 bits per heavy atom. The zero-order valence-corrected chi connectivity index (χ0v) is 12.4. The van der Waals surface area contributed by atoms with Crippen molar-refractivity contribution in [3.63, 3.8) is 0 Å². The zero-order chi connectivity index (χ0) is 15.5. The Hall–Kier alpha value is -2.74. The topological polar surface area (TPSA) is 67.0 Å². The van der Waals surface area contributed by atoms with Crippen LogP contribution in [0.25, 0.3) is 11.3 Å². The number of fused-ring (bicyclic) bond motifs is 3. The van der Waals surface area contributed by atoms with Crippen LogP contribution in [0.5, 0.6) is 0 Å². The molecule has 2 heterocycles. The third kappa shape index (κ3) is 2.44. The first-order valence-electron chi connectivity index (χ1n) is 7.36. The summed E-state index contributed by atoms with van der Waals surface area (Å²) in [6, 6.07) is 11.7. The van der Waals surface area contributed by atoms with Crippen LogP contribution in [-0.4, -0.2) is 17.1 Å². The molecule has 0 bridgehead atoms. The predicted octanol–water partition coefficient (Wildman–Crippen LogP) is 3.56. The fraction of sp³-hybridized carbons (Fsp3) is 0.294. The van der Waals surface area contributed by atoms with Gasteiger partial charge in [0.2, 0.25) is 0 Å². The molecule has 0 radical (unpaired) electrons. The number of benzene rings is 1. The molecule has 0 amide bonds. The van der Waals surface area contributed by atoms with Gasteiger partial charge in [0.25, 0.3) is 0 Å². The highest BCUT2D eigenvalue weighted by atomic mass is 16.5. The summed E-state index contributed by atoms with van der Waals surface area (Å²) in [5.41, 5.74) is 3.54. The summed E-state index contributed by atoms with van der Waals surface area (Å²) in [6.45, 7) is 2.16. The average Bonchev–Trinajstić information content (AvgIpc) is 3.02.